The standard InChI is InChI=1S/C14H9F9N4O2/c1-27-10(24-11(28)5-3-2-4-6(26-29)8(5)15)7(13(18,19)20)9(25-27)12(16,17)14(21,22)23/h2-4,26,29H,1H3,(H,24,28). The molecule has 1 amide bonds. The fourth-order valence-corrected chi connectivity index (χ4v) is 2.26. The van der Waals surface area contributed by atoms with E-state index in [9.17, 15) is 44.3 Å². The average molecular weight is 436 g/mol. The molecule has 0 saturated heterocycles. The molecule has 0 unspecified atom stereocenters. The lowest BCUT2D eigenvalue weighted by atomic mass is 10.1. The lowest BCUT2D eigenvalue weighted by Crippen LogP contribution is -2.36. The van der Waals surface area contributed by atoms with Crippen molar-refractivity contribution in [3.05, 3.63) is 40.8 Å². The summed E-state index contributed by atoms with van der Waals surface area (Å²) >= 11 is 0. The van der Waals surface area contributed by atoms with E-state index in [2.05, 4.69) is 5.10 Å². The first-order chi connectivity index (χ1) is 13.1. The normalized spacial score (nSPS) is 12.8. The van der Waals surface area contributed by atoms with Gasteiger partial charge < -0.3 is 5.32 Å². The second-order valence-corrected chi connectivity index (χ2v) is 5.50. The summed E-state index contributed by atoms with van der Waals surface area (Å²) in [4.78, 5) is 12.1. The molecule has 0 radical (unpaired) electrons. The van der Waals surface area contributed by atoms with Gasteiger partial charge in [0.05, 0.1) is 11.3 Å². The number of halogens is 9. The predicted molar refractivity (Wildman–Crippen MR) is 77.9 cm³/mol. The smallest absolute Gasteiger partial charge is 0.306 e. The first-order valence-corrected chi connectivity index (χ1v) is 7.22. The summed E-state index contributed by atoms with van der Waals surface area (Å²) in [6, 6.07) is 2.72. The number of nitrogens with zero attached hydrogens (tertiary/aromatic N) is 2. The van der Waals surface area contributed by atoms with Gasteiger partial charge >= 0.3 is 18.3 Å². The molecule has 2 rings (SSSR count). The number of carbonyl (C=O) groups excluding carboxylic acids is 1. The lowest BCUT2D eigenvalue weighted by molar-refractivity contribution is -0.292. The molecule has 0 atom stereocenters. The van der Waals surface area contributed by atoms with Crippen molar-refractivity contribution in [3.63, 3.8) is 0 Å². The Kier molecular flexibility index (Phi) is 5.49. The van der Waals surface area contributed by atoms with Gasteiger partial charge in [-0.25, -0.2) is 4.39 Å². The minimum atomic E-state index is -6.41. The van der Waals surface area contributed by atoms with Crippen LogP contribution in [-0.4, -0.2) is 27.1 Å². The van der Waals surface area contributed by atoms with Gasteiger partial charge in [-0.2, -0.15) is 40.2 Å². The highest BCUT2D eigenvalue weighted by Crippen LogP contribution is 2.49. The van der Waals surface area contributed by atoms with E-state index in [1.807, 2.05) is 0 Å². The molecular formula is C14H9F9N4O2. The topological polar surface area (TPSA) is 79.2 Å². The molecule has 0 bridgehead atoms. The van der Waals surface area contributed by atoms with Crippen molar-refractivity contribution in [1.82, 2.24) is 9.78 Å². The number of anilines is 2. The van der Waals surface area contributed by atoms with E-state index in [-0.39, 0.29) is 4.68 Å². The second kappa shape index (κ2) is 7.13. The summed E-state index contributed by atoms with van der Waals surface area (Å²) in [7, 11) is 0.572. The number of carbonyl (C=O) groups is 1. The van der Waals surface area contributed by atoms with Crippen molar-refractivity contribution in [2.24, 2.45) is 7.05 Å². The van der Waals surface area contributed by atoms with E-state index in [1.54, 1.807) is 0 Å². The van der Waals surface area contributed by atoms with Crippen LogP contribution in [0.5, 0.6) is 0 Å². The van der Waals surface area contributed by atoms with Crippen LogP contribution in [0.1, 0.15) is 21.6 Å². The summed E-state index contributed by atoms with van der Waals surface area (Å²) in [5.41, 5.74) is -5.45. The van der Waals surface area contributed by atoms with Crippen molar-refractivity contribution in [2.75, 3.05) is 10.8 Å². The molecule has 0 aliphatic carbocycles. The van der Waals surface area contributed by atoms with Crippen LogP contribution in [0, 0.1) is 5.82 Å². The quantitative estimate of drug-likeness (QED) is 0.494. The fraction of sp³-hybridized carbons (Fsp3) is 0.286. The van der Waals surface area contributed by atoms with Crippen LogP contribution in [0.25, 0.3) is 0 Å². The van der Waals surface area contributed by atoms with Crippen molar-refractivity contribution in [3.8, 4) is 0 Å². The number of aromatic nitrogens is 2. The van der Waals surface area contributed by atoms with E-state index in [0.29, 0.717) is 7.05 Å². The Labute approximate surface area is 154 Å². The summed E-state index contributed by atoms with van der Waals surface area (Å²) in [6.45, 7) is 0. The SMILES string of the molecule is Cn1nc(C(F)(F)C(F)(F)F)c(C(F)(F)F)c1NC(=O)c1cccc(NO)c1F. The zero-order chi connectivity index (χ0) is 22.4. The van der Waals surface area contributed by atoms with Crippen molar-refractivity contribution < 1.29 is 49.5 Å². The van der Waals surface area contributed by atoms with Crippen LogP contribution in [0.2, 0.25) is 0 Å². The van der Waals surface area contributed by atoms with Crippen molar-refractivity contribution >= 4 is 17.4 Å². The average Bonchev–Trinajstić information content (AvgIpc) is 2.91. The molecule has 0 aliphatic rings. The molecule has 0 fully saturated rings. The van der Waals surface area contributed by atoms with Crippen LogP contribution >= 0.6 is 0 Å². The highest BCUT2D eigenvalue weighted by atomic mass is 19.4. The van der Waals surface area contributed by atoms with E-state index in [0.717, 1.165) is 18.2 Å². The summed E-state index contributed by atoms with van der Waals surface area (Å²) in [5.74, 6) is -10.6. The zero-order valence-electron chi connectivity index (χ0n) is 13.9. The molecule has 0 spiro atoms. The zero-order valence-corrected chi connectivity index (χ0v) is 13.9. The van der Waals surface area contributed by atoms with Crippen LogP contribution in [0.4, 0.5) is 51.0 Å². The molecular weight excluding hydrogens is 427 g/mol. The molecule has 2 aromatic rings. The van der Waals surface area contributed by atoms with E-state index < -0.39 is 58.3 Å². The number of amides is 1. The first kappa shape index (κ1) is 22.3. The Hall–Kier alpha value is -2.97. The maximum atomic E-state index is 14.0. The monoisotopic (exact) mass is 436 g/mol. The number of alkyl halides is 8. The van der Waals surface area contributed by atoms with Crippen LogP contribution in [0.3, 0.4) is 0 Å². The number of nitrogens with one attached hydrogen (secondary N) is 2. The highest BCUT2D eigenvalue weighted by molar-refractivity contribution is 6.05. The summed E-state index contributed by atoms with van der Waals surface area (Å²) < 4.78 is 119. The predicted octanol–water partition coefficient (Wildman–Crippen LogP) is 4.29. The molecule has 6 nitrogen and oxygen atoms in total. The molecule has 0 aliphatic heterocycles. The van der Waals surface area contributed by atoms with Gasteiger partial charge in [0.15, 0.2) is 11.5 Å². The summed E-state index contributed by atoms with van der Waals surface area (Å²) in [5, 5.41) is 12.7. The molecule has 1 aromatic heterocycles. The maximum absolute atomic E-state index is 14.0. The molecule has 29 heavy (non-hydrogen) atoms. The van der Waals surface area contributed by atoms with Gasteiger partial charge in [-0.3, -0.25) is 20.2 Å². The van der Waals surface area contributed by atoms with Gasteiger partial charge in [-0.1, -0.05) is 6.07 Å². The van der Waals surface area contributed by atoms with E-state index in [1.165, 1.54) is 10.8 Å². The number of aryl methyl sites for hydroxylation is 1. The molecule has 0 saturated carbocycles. The second-order valence-electron chi connectivity index (χ2n) is 5.50. The molecule has 1 heterocycles. The summed E-state index contributed by atoms with van der Waals surface area (Å²) in [6.07, 6.45) is -12.2. The molecule has 15 heteroatoms. The Morgan fingerprint density at radius 1 is 1.10 bits per heavy atom. The number of hydrogen-bond donors (Lipinski definition) is 3. The first-order valence-electron chi connectivity index (χ1n) is 7.22. The van der Waals surface area contributed by atoms with Crippen LogP contribution < -0.4 is 10.8 Å². The maximum Gasteiger partial charge on any atom is 0.459 e. The number of hydrogen-bond acceptors (Lipinski definition) is 4. The largest absolute Gasteiger partial charge is 0.459 e. The third-order valence-electron chi connectivity index (χ3n) is 3.58. The van der Waals surface area contributed by atoms with E-state index >= 15 is 0 Å². The van der Waals surface area contributed by atoms with E-state index in [4.69, 9.17) is 5.21 Å². The van der Waals surface area contributed by atoms with Crippen LogP contribution in [-0.2, 0) is 19.1 Å². The lowest BCUT2D eigenvalue weighted by Gasteiger charge is -2.19. The molecule has 160 valence electrons. The van der Waals surface area contributed by atoms with Gasteiger partial charge in [0.25, 0.3) is 5.91 Å². The third-order valence-corrected chi connectivity index (χ3v) is 3.58. The highest BCUT2D eigenvalue weighted by Gasteiger charge is 2.64. The van der Waals surface area contributed by atoms with Gasteiger partial charge in [0.2, 0.25) is 0 Å². The number of benzene rings is 1. The van der Waals surface area contributed by atoms with Crippen molar-refractivity contribution in [2.45, 2.75) is 18.3 Å². The Bertz CT molecular complexity index is 934. The molecule has 1 aromatic carbocycles. The van der Waals surface area contributed by atoms with Gasteiger partial charge in [0, 0.05) is 7.05 Å². The van der Waals surface area contributed by atoms with Gasteiger partial charge in [-0.15, -0.1) is 0 Å². The van der Waals surface area contributed by atoms with Crippen LogP contribution in [0.15, 0.2) is 18.2 Å². The number of rotatable bonds is 4. The minimum absolute atomic E-state index is 0.0538. The molecule has 3 N–H and O–H groups in total. The minimum Gasteiger partial charge on any atom is -0.306 e. The Morgan fingerprint density at radius 2 is 1.69 bits per heavy atom. The Balaban J connectivity index is 2.62. The van der Waals surface area contributed by atoms with Gasteiger partial charge in [0.1, 0.15) is 11.4 Å². The Morgan fingerprint density at radius 3 is 2.17 bits per heavy atom. The van der Waals surface area contributed by atoms with Gasteiger partial charge in [-0.05, 0) is 12.1 Å². The fourth-order valence-electron chi connectivity index (χ4n) is 2.26. The van der Waals surface area contributed by atoms with Crippen molar-refractivity contribution in [1.29, 1.82) is 0 Å². The third kappa shape index (κ3) is 3.94.